The fourth-order valence-electron chi connectivity index (χ4n) is 3.52. The van der Waals surface area contributed by atoms with Crippen LogP contribution in [0.15, 0.2) is 64.4 Å². The lowest BCUT2D eigenvalue weighted by atomic mass is 10.2. The van der Waals surface area contributed by atoms with Crippen LogP contribution in [-0.2, 0) is 24.2 Å². The molecule has 1 saturated carbocycles. The van der Waals surface area contributed by atoms with Crippen LogP contribution in [0.2, 0.25) is 5.02 Å². The van der Waals surface area contributed by atoms with Gasteiger partial charge in [0.1, 0.15) is 0 Å². The number of carbonyl (C=O) groups excluding carboxylic acids is 1. The molecule has 1 fully saturated rings. The molecule has 0 atom stereocenters. The number of carbonyl (C=O) groups is 1. The number of halogens is 1. The Hall–Kier alpha value is -3.03. The van der Waals surface area contributed by atoms with Crippen molar-refractivity contribution in [3.8, 4) is 11.5 Å². The number of aromatic nitrogens is 3. The van der Waals surface area contributed by atoms with Gasteiger partial charge < -0.3 is 9.32 Å². The van der Waals surface area contributed by atoms with Crippen molar-refractivity contribution >= 4 is 28.8 Å². The standard InChI is InChI=1S/C24H21ClN4O2S/c25-18-8-6-17(7-9-18)24-28-27-21(31-24)14-29(20-10-11-20)23(30)13-19-15-32-22(26-19)12-16-4-2-1-3-5-16/h1-9,15,20H,10-14H2. The van der Waals surface area contributed by atoms with Gasteiger partial charge in [-0.15, -0.1) is 21.5 Å². The normalized spacial score (nSPS) is 13.3. The highest BCUT2D eigenvalue weighted by molar-refractivity contribution is 7.09. The lowest BCUT2D eigenvalue weighted by Gasteiger charge is -2.20. The lowest BCUT2D eigenvalue weighted by Crippen LogP contribution is -2.34. The topological polar surface area (TPSA) is 72.1 Å². The maximum Gasteiger partial charge on any atom is 0.247 e. The van der Waals surface area contributed by atoms with Gasteiger partial charge in [0.2, 0.25) is 17.7 Å². The molecule has 8 heteroatoms. The molecule has 6 nitrogen and oxygen atoms in total. The van der Waals surface area contributed by atoms with Crippen LogP contribution in [0.1, 0.15) is 35.0 Å². The van der Waals surface area contributed by atoms with Crippen molar-refractivity contribution in [2.45, 2.75) is 38.3 Å². The highest BCUT2D eigenvalue weighted by Gasteiger charge is 2.34. The summed E-state index contributed by atoms with van der Waals surface area (Å²) in [6.45, 7) is 0.311. The van der Waals surface area contributed by atoms with E-state index in [1.54, 1.807) is 23.5 Å². The molecule has 32 heavy (non-hydrogen) atoms. The van der Waals surface area contributed by atoms with Crippen molar-refractivity contribution in [2.75, 3.05) is 0 Å². The third kappa shape index (κ3) is 5.06. The maximum absolute atomic E-state index is 13.1. The van der Waals surface area contributed by atoms with Gasteiger partial charge in [-0.2, -0.15) is 0 Å². The van der Waals surface area contributed by atoms with Gasteiger partial charge in [-0.1, -0.05) is 41.9 Å². The quantitative estimate of drug-likeness (QED) is 0.359. The summed E-state index contributed by atoms with van der Waals surface area (Å²) >= 11 is 7.54. The monoisotopic (exact) mass is 464 g/mol. The van der Waals surface area contributed by atoms with Crippen molar-refractivity contribution in [1.82, 2.24) is 20.1 Å². The number of amides is 1. The second kappa shape index (κ2) is 9.22. The zero-order chi connectivity index (χ0) is 21.9. The first-order valence-electron chi connectivity index (χ1n) is 10.5. The summed E-state index contributed by atoms with van der Waals surface area (Å²) in [5.74, 6) is 0.887. The van der Waals surface area contributed by atoms with Crippen LogP contribution in [0, 0.1) is 0 Å². The average molecular weight is 465 g/mol. The van der Waals surface area contributed by atoms with E-state index in [9.17, 15) is 4.79 Å². The van der Waals surface area contributed by atoms with Crippen LogP contribution in [-0.4, -0.2) is 32.0 Å². The third-order valence-electron chi connectivity index (χ3n) is 5.30. The summed E-state index contributed by atoms with van der Waals surface area (Å²) in [6, 6.07) is 17.7. The Morgan fingerprint density at radius 3 is 2.62 bits per heavy atom. The highest BCUT2D eigenvalue weighted by atomic mass is 35.5. The molecule has 1 aliphatic carbocycles. The Labute approximate surface area is 194 Å². The van der Waals surface area contributed by atoms with E-state index >= 15 is 0 Å². The third-order valence-corrected chi connectivity index (χ3v) is 6.45. The molecule has 0 bridgehead atoms. The molecule has 162 valence electrons. The van der Waals surface area contributed by atoms with Crippen LogP contribution >= 0.6 is 22.9 Å². The molecule has 0 spiro atoms. The summed E-state index contributed by atoms with van der Waals surface area (Å²) in [4.78, 5) is 19.6. The summed E-state index contributed by atoms with van der Waals surface area (Å²) in [5, 5.41) is 11.9. The molecule has 2 heterocycles. The van der Waals surface area contributed by atoms with E-state index in [-0.39, 0.29) is 18.4 Å². The molecule has 0 saturated heterocycles. The molecule has 0 aliphatic heterocycles. The number of rotatable bonds is 8. The van der Waals surface area contributed by atoms with Crippen molar-refractivity contribution < 1.29 is 9.21 Å². The molecule has 1 amide bonds. The smallest absolute Gasteiger partial charge is 0.247 e. The van der Waals surface area contributed by atoms with Gasteiger partial charge in [-0.3, -0.25) is 4.79 Å². The van der Waals surface area contributed by atoms with Crippen LogP contribution in [0.5, 0.6) is 0 Å². The van der Waals surface area contributed by atoms with E-state index in [0.29, 0.717) is 23.3 Å². The first-order chi connectivity index (χ1) is 15.6. The molecule has 5 rings (SSSR count). The molecule has 2 aromatic carbocycles. The van der Waals surface area contributed by atoms with Gasteiger partial charge in [-0.25, -0.2) is 4.98 Å². The molecule has 0 radical (unpaired) electrons. The first-order valence-corrected chi connectivity index (χ1v) is 11.7. The fourth-order valence-corrected chi connectivity index (χ4v) is 4.47. The Morgan fingerprint density at radius 1 is 1.09 bits per heavy atom. The summed E-state index contributed by atoms with van der Waals surface area (Å²) in [5.41, 5.74) is 2.82. The number of benzene rings is 2. The number of nitrogens with zero attached hydrogens (tertiary/aromatic N) is 4. The van der Waals surface area contributed by atoms with E-state index in [1.807, 2.05) is 40.6 Å². The molecule has 0 unspecified atom stereocenters. The van der Waals surface area contributed by atoms with Gasteiger partial charge in [0, 0.05) is 28.4 Å². The van der Waals surface area contributed by atoms with Gasteiger partial charge in [0.25, 0.3) is 0 Å². The zero-order valence-corrected chi connectivity index (χ0v) is 18.9. The van der Waals surface area contributed by atoms with Crippen LogP contribution in [0.3, 0.4) is 0 Å². The van der Waals surface area contributed by atoms with Crippen molar-refractivity contribution in [1.29, 1.82) is 0 Å². The van der Waals surface area contributed by atoms with Gasteiger partial charge in [0.05, 0.1) is 23.7 Å². The minimum absolute atomic E-state index is 0.0373. The Morgan fingerprint density at radius 2 is 1.88 bits per heavy atom. The second-order valence-electron chi connectivity index (χ2n) is 7.83. The number of hydrogen-bond acceptors (Lipinski definition) is 6. The predicted molar refractivity (Wildman–Crippen MR) is 123 cm³/mol. The van der Waals surface area contributed by atoms with E-state index in [4.69, 9.17) is 16.0 Å². The van der Waals surface area contributed by atoms with Gasteiger partial charge in [0.15, 0.2) is 0 Å². The van der Waals surface area contributed by atoms with E-state index in [1.165, 1.54) is 5.56 Å². The second-order valence-corrected chi connectivity index (χ2v) is 9.21. The molecule has 0 N–H and O–H groups in total. The fraction of sp³-hybridized carbons (Fsp3) is 0.250. The Balaban J connectivity index is 1.24. The van der Waals surface area contributed by atoms with E-state index < -0.39 is 0 Å². The summed E-state index contributed by atoms with van der Waals surface area (Å²) in [7, 11) is 0. The van der Waals surface area contributed by atoms with Gasteiger partial charge in [-0.05, 0) is 42.7 Å². The molecular formula is C24H21ClN4O2S. The molecule has 2 aromatic heterocycles. The predicted octanol–water partition coefficient (Wildman–Crippen LogP) is 5.17. The van der Waals surface area contributed by atoms with Crippen LogP contribution in [0.4, 0.5) is 0 Å². The van der Waals surface area contributed by atoms with E-state index in [0.717, 1.165) is 35.5 Å². The molecule has 1 aliphatic rings. The minimum Gasteiger partial charge on any atom is -0.419 e. The van der Waals surface area contributed by atoms with Crippen molar-refractivity contribution in [3.05, 3.63) is 87.2 Å². The number of thiazole rings is 1. The molecular weight excluding hydrogens is 444 g/mol. The largest absolute Gasteiger partial charge is 0.419 e. The minimum atomic E-state index is 0.0373. The first kappa shape index (κ1) is 20.8. The van der Waals surface area contributed by atoms with Crippen molar-refractivity contribution in [3.63, 3.8) is 0 Å². The summed E-state index contributed by atoms with van der Waals surface area (Å²) < 4.78 is 5.82. The molecule has 4 aromatic rings. The summed E-state index contributed by atoms with van der Waals surface area (Å²) in [6.07, 6.45) is 3.06. The maximum atomic E-state index is 13.1. The van der Waals surface area contributed by atoms with E-state index in [2.05, 4.69) is 27.3 Å². The Bertz CT molecular complexity index is 1200. The van der Waals surface area contributed by atoms with Crippen molar-refractivity contribution in [2.24, 2.45) is 0 Å². The van der Waals surface area contributed by atoms with Crippen LogP contribution in [0.25, 0.3) is 11.5 Å². The SMILES string of the molecule is O=C(Cc1csc(Cc2ccccc2)n1)N(Cc1nnc(-c2ccc(Cl)cc2)o1)C1CC1. The Kier molecular flexibility index (Phi) is 6.01. The zero-order valence-electron chi connectivity index (χ0n) is 17.3. The number of hydrogen-bond donors (Lipinski definition) is 0. The highest BCUT2D eigenvalue weighted by Crippen LogP contribution is 2.30. The lowest BCUT2D eigenvalue weighted by molar-refractivity contribution is -0.132. The average Bonchev–Trinajstić information content (AvgIpc) is 3.37. The van der Waals surface area contributed by atoms with Gasteiger partial charge >= 0.3 is 0 Å². The van der Waals surface area contributed by atoms with Crippen LogP contribution < -0.4 is 0 Å².